The molecule has 1 aromatic carbocycles. The van der Waals surface area contributed by atoms with Crippen molar-refractivity contribution in [3.8, 4) is 0 Å². The molecule has 1 amide bonds. The third-order valence-corrected chi connectivity index (χ3v) is 4.29. The Morgan fingerprint density at radius 2 is 1.96 bits per heavy atom. The lowest BCUT2D eigenvalue weighted by Crippen LogP contribution is -2.49. The van der Waals surface area contributed by atoms with Crippen molar-refractivity contribution in [1.82, 2.24) is 4.90 Å². The van der Waals surface area contributed by atoms with Crippen LogP contribution in [0.2, 0.25) is 0 Å². The van der Waals surface area contributed by atoms with Gasteiger partial charge in [-0.25, -0.2) is 4.39 Å². The van der Waals surface area contributed by atoms with Crippen molar-refractivity contribution in [1.29, 1.82) is 0 Å². The van der Waals surface area contributed by atoms with Crippen LogP contribution >= 0.6 is 0 Å². The topological polar surface area (TPSA) is 64.8 Å². The van der Waals surface area contributed by atoms with Gasteiger partial charge in [-0.3, -0.25) is 4.79 Å². The van der Waals surface area contributed by atoms with E-state index in [1.54, 1.807) is 19.2 Å². The Kier molecular flexibility index (Phi) is 7.62. The van der Waals surface area contributed by atoms with E-state index < -0.39 is 6.04 Å². The lowest BCUT2D eigenvalue weighted by molar-refractivity contribution is -0.135. The highest BCUT2D eigenvalue weighted by Gasteiger charge is 2.26. The minimum atomic E-state index is -0.588. The molecule has 0 spiro atoms. The van der Waals surface area contributed by atoms with E-state index in [4.69, 9.17) is 15.2 Å². The molecule has 0 aromatic heterocycles. The number of rotatable bonds is 8. The van der Waals surface area contributed by atoms with Crippen LogP contribution in [-0.2, 0) is 20.7 Å². The number of benzene rings is 1. The lowest BCUT2D eigenvalue weighted by Gasteiger charge is -2.33. The van der Waals surface area contributed by atoms with E-state index in [2.05, 4.69) is 0 Å². The molecule has 134 valence electrons. The predicted octanol–water partition coefficient (Wildman–Crippen LogP) is 1.74. The molecule has 0 saturated carbocycles. The zero-order chi connectivity index (χ0) is 17.4. The van der Waals surface area contributed by atoms with Crippen LogP contribution in [0.25, 0.3) is 0 Å². The standard InChI is InChI=1S/C18H27FN2O3/c1-23-11-2-12-24-16-7-9-21(10-8-16)18(22)17(20)13-14-3-5-15(19)6-4-14/h3-6,16-17H,2,7-13,20H2,1H3/t17-/m0/s1. The minimum absolute atomic E-state index is 0.0443. The third-order valence-electron chi connectivity index (χ3n) is 4.29. The number of halogens is 1. The number of ether oxygens (including phenoxy) is 2. The summed E-state index contributed by atoms with van der Waals surface area (Å²) in [5.41, 5.74) is 6.91. The SMILES string of the molecule is COCCCOC1CCN(C(=O)[C@@H](N)Cc2ccc(F)cc2)CC1. The van der Waals surface area contributed by atoms with Gasteiger partial charge in [-0.05, 0) is 43.4 Å². The zero-order valence-corrected chi connectivity index (χ0v) is 14.2. The van der Waals surface area contributed by atoms with E-state index in [0.29, 0.717) is 32.7 Å². The van der Waals surface area contributed by atoms with Crippen LogP contribution in [0, 0.1) is 5.82 Å². The Morgan fingerprint density at radius 1 is 1.29 bits per heavy atom. The molecule has 1 aliphatic heterocycles. The maximum Gasteiger partial charge on any atom is 0.239 e. The van der Waals surface area contributed by atoms with Gasteiger partial charge < -0.3 is 20.1 Å². The molecule has 1 fully saturated rings. The van der Waals surface area contributed by atoms with Crippen LogP contribution in [0.5, 0.6) is 0 Å². The van der Waals surface area contributed by atoms with Gasteiger partial charge in [0.05, 0.1) is 12.1 Å². The van der Waals surface area contributed by atoms with Crippen LogP contribution in [0.15, 0.2) is 24.3 Å². The summed E-state index contributed by atoms with van der Waals surface area (Å²) in [5.74, 6) is -0.330. The van der Waals surface area contributed by atoms with Crippen LogP contribution in [0.4, 0.5) is 4.39 Å². The van der Waals surface area contributed by atoms with E-state index in [1.807, 2.05) is 4.90 Å². The maximum absolute atomic E-state index is 12.9. The second-order valence-electron chi connectivity index (χ2n) is 6.18. The molecule has 1 saturated heterocycles. The van der Waals surface area contributed by atoms with Gasteiger partial charge in [0.15, 0.2) is 0 Å². The number of piperidine rings is 1. The number of methoxy groups -OCH3 is 1. The van der Waals surface area contributed by atoms with E-state index in [-0.39, 0.29) is 17.8 Å². The number of hydrogen-bond donors (Lipinski definition) is 1. The van der Waals surface area contributed by atoms with Crippen molar-refractivity contribution >= 4 is 5.91 Å². The molecule has 6 heteroatoms. The fraction of sp³-hybridized carbons (Fsp3) is 0.611. The summed E-state index contributed by atoms with van der Waals surface area (Å²) in [6, 6.07) is 5.53. The fourth-order valence-corrected chi connectivity index (χ4v) is 2.89. The summed E-state index contributed by atoms with van der Waals surface area (Å²) >= 11 is 0. The van der Waals surface area contributed by atoms with Gasteiger partial charge in [-0.1, -0.05) is 12.1 Å². The Morgan fingerprint density at radius 3 is 2.58 bits per heavy atom. The summed E-state index contributed by atoms with van der Waals surface area (Å²) in [6.07, 6.45) is 3.19. The Bertz CT molecular complexity index is 501. The van der Waals surface area contributed by atoms with Gasteiger partial charge in [0.1, 0.15) is 5.82 Å². The molecular weight excluding hydrogens is 311 g/mol. The average Bonchev–Trinajstić information content (AvgIpc) is 2.60. The minimum Gasteiger partial charge on any atom is -0.385 e. The van der Waals surface area contributed by atoms with Crippen molar-refractivity contribution in [2.45, 2.75) is 37.8 Å². The van der Waals surface area contributed by atoms with Gasteiger partial charge in [-0.2, -0.15) is 0 Å². The molecule has 1 aromatic rings. The quantitative estimate of drug-likeness (QED) is 0.733. The summed E-state index contributed by atoms with van der Waals surface area (Å²) in [4.78, 5) is 14.3. The molecule has 24 heavy (non-hydrogen) atoms. The van der Waals surface area contributed by atoms with Crippen molar-refractivity contribution in [3.63, 3.8) is 0 Å². The predicted molar refractivity (Wildman–Crippen MR) is 90.1 cm³/mol. The number of carbonyl (C=O) groups excluding carboxylic acids is 1. The molecule has 2 N–H and O–H groups in total. The summed E-state index contributed by atoms with van der Waals surface area (Å²) in [5, 5.41) is 0. The molecule has 0 radical (unpaired) electrons. The molecule has 5 nitrogen and oxygen atoms in total. The zero-order valence-electron chi connectivity index (χ0n) is 14.2. The second kappa shape index (κ2) is 9.71. The summed E-state index contributed by atoms with van der Waals surface area (Å²) in [6.45, 7) is 2.74. The van der Waals surface area contributed by atoms with Gasteiger partial charge in [0.25, 0.3) is 0 Å². The smallest absolute Gasteiger partial charge is 0.239 e. The normalized spacial score (nSPS) is 17.0. The maximum atomic E-state index is 12.9. The Balaban J connectivity index is 1.72. The molecular formula is C18H27FN2O3. The first-order valence-corrected chi connectivity index (χ1v) is 8.49. The molecule has 1 atom stereocenters. The number of likely N-dealkylation sites (tertiary alicyclic amines) is 1. The first-order chi connectivity index (χ1) is 11.6. The van der Waals surface area contributed by atoms with Crippen molar-refractivity contribution in [3.05, 3.63) is 35.6 Å². The highest BCUT2D eigenvalue weighted by atomic mass is 19.1. The average molecular weight is 338 g/mol. The highest BCUT2D eigenvalue weighted by molar-refractivity contribution is 5.82. The van der Waals surface area contributed by atoms with Gasteiger partial charge in [-0.15, -0.1) is 0 Å². The fourth-order valence-electron chi connectivity index (χ4n) is 2.89. The highest BCUT2D eigenvalue weighted by Crippen LogP contribution is 2.15. The number of nitrogens with two attached hydrogens (primary N) is 1. The largest absolute Gasteiger partial charge is 0.385 e. The number of carbonyl (C=O) groups is 1. The van der Waals surface area contributed by atoms with Crippen LogP contribution in [0.3, 0.4) is 0 Å². The van der Waals surface area contributed by atoms with Crippen LogP contribution in [0.1, 0.15) is 24.8 Å². The summed E-state index contributed by atoms with van der Waals surface area (Å²) in [7, 11) is 1.68. The second-order valence-corrected chi connectivity index (χ2v) is 6.18. The van der Waals surface area contributed by atoms with E-state index in [0.717, 1.165) is 24.8 Å². The Hall–Kier alpha value is -1.50. The Labute approximate surface area is 142 Å². The van der Waals surface area contributed by atoms with Gasteiger partial charge >= 0.3 is 0 Å². The first-order valence-electron chi connectivity index (χ1n) is 8.49. The molecule has 0 aliphatic carbocycles. The van der Waals surface area contributed by atoms with Crippen molar-refractivity contribution in [2.24, 2.45) is 5.73 Å². The third kappa shape index (κ3) is 5.85. The first kappa shape index (κ1) is 18.8. The number of nitrogens with zero attached hydrogens (tertiary/aromatic N) is 1. The van der Waals surface area contributed by atoms with Gasteiger partial charge in [0.2, 0.25) is 5.91 Å². The monoisotopic (exact) mass is 338 g/mol. The van der Waals surface area contributed by atoms with E-state index in [1.165, 1.54) is 12.1 Å². The van der Waals surface area contributed by atoms with E-state index in [9.17, 15) is 9.18 Å². The van der Waals surface area contributed by atoms with Crippen LogP contribution < -0.4 is 5.73 Å². The van der Waals surface area contributed by atoms with Crippen LogP contribution in [-0.4, -0.2) is 56.4 Å². The molecule has 1 heterocycles. The summed E-state index contributed by atoms with van der Waals surface area (Å²) < 4.78 is 23.7. The number of amides is 1. The van der Waals surface area contributed by atoms with Gasteiger partial charge in [0, 0.05) is 33.4 Å². The van der Waals surface area contributed by atoms with Crippen molar-refractivity contribution < 1.29 is 18.7 Å². The van der Waals surface area contributed by atoms with Crippen molar-refractivity contribution in [2.75, 3.05) is 33.4 Å². The number of hydrogen-bond acceptors (Lipinski definition) is 4. The molecule has 0 unspecified atom stereocenters. The lowest BCUT2D eigenvalue weighted by atomic mass is 10.0. The molecule has 0 bridgehead atoms. The van der Waals surface area contributed by atoms with E-state index >= 15 is 0 Å². The molecule has 1 aliphatic rings. The molecule has 2 rings (SSSR count).